The monoisotopic (exact) mass is 358 g/mol. The number of likely N-dealkylation sites (N-methyl/N-ethyl adjacent to an activating group) is 1. The van der Waals surface area contributed by atoms with Crippen LogP contribution in [0, 0.1) is 13.8 Å². The molecule has 1 N–H and O–H groups in total. The zero-order chi connectivity index (χ0) is 18.2. The third-order valence-electron chi connectivity index (χ3n) is 4.45. The molecule has 5 nitrogen and oxygen atoms in total. The fraction of sp³-hybridized carbons (Fsp3) is 0.316. The maximum atomic E-state index is 12.5. The Morgan fingerprint density at radius 3 is 2.60 bits per heavy atom. The fourth-order valence-electron chi connectivity index (χ4n) is 3.17. The minimum atomic E-state index is -3.53. The zero-order valence-electron chi connectivity index (χ0n) is 14.7. The van der Waals surface area contributed by atoms with E-state index in [-0.39, 0.29) is 11.7 Å². The first kappa shape index (κ1) is 17.5. The van der Waals surface area contributed by atoms with Crippen LogP contribution in [0.2, 0.25) is 0 Å². The average molecular weight is 358 g/mol. The Labute approximate surface area is 148 Å². The highest BCUT2D eigenvalue weighted by atomic mass is 32.2. The van der Waals surface area contributed by atoms with Crippen molar-refractivity contribution in [3.05, 3.63) is 58.7 Å². The lowest BCUT2D eigenvalue weighted by Crippen LogP contribution is -2.25. The highest BCUT2D eigenvalue weighted by molar-refractivity contribution is 7.91. The Balaban J connectivity index is 1.81. The number of hydrogen-bond acceptors (Lipinski definition) is 3. The normalized spacial score (nSPS) is 13.9. The second-order valence-corrected chi connectivity index (χ2v) is 8.17. The third-order valence-corrected chi connectivity index (χ3v) is 5.69. The van der Waals surface area contributed by atoms with Crippen LogP contribution in [-0.4, -0.2) is 20.9 Å². The van der Waals surface area contributed by atoms with Gasteiger partial charge in [-0.25, -0.2) is 8.42 Å². The van der Waals surface area contributed by atoms with Crippen LogP contribution in [0.1, 0.15) is 29.2 Å². The number of hydrogen-bond donors (Lipinski definition) is 1. The van der Waals surface area contributed by atoms with Gasteiger partial charge in [0.25, 0.3) is 0 Å². The molecule has 0 aliphatic carbocycles. The summed E-state index contributed by atoms with van der Waals surface area (Å²) in [5.41, 5.74) is 5.00. The van der Waals surface area contributed by atoms with E-state index in [0.717, 1.165) is 27.9 Å². The Bertz CT molecular complexity index is 936. The van der Waals surface area contributed by atoms with Gasteiger partial charge in [0.15, 0.2) is 0 Å². The van der Waals surface area contributed by atoms with E-state index in [1.165, 1.54) is 0 Å². The van der Waals surface area contributed by atoms with Crippen molar-refractivity contribution >= 4 is 27.3 Å². The molecule has 0 fully saturated rings. The van der Waals surface area contributed by atoms with E-state index in [1.807, 2.05) is 39.0 Å². The summed E-state index contributed by atoms with van der Waals surface area (Å²) in [6.45, 7) is 6.39. The van der Waals surface area contributed by atoms with E-state index in [1.54, 1.807) is 23.1 Å². The van der Waals surface area contributed by atoms with Gasteiger partial charge in [-0.1, -0.05) is 23.8 Å². The molecule has 0 unspecified atom stereocenters. The minimum Gasteiger partial charge on any atom is -0.312 e. The van der Waals surface area contributed by atoms with Crippen LogP contribution in [-0.2, 0) is 27.0 Å². The first-order valence-corrected chi connectivity index (χ1v) is 9.94. The molecule has 3 rings (SSSR count). The molecule has 1 aliphatic rings. The number of rotatable bonds is 5. The number of carbonyl (C=O) groups excluding carboxylic acids is 1. The molecule has 0 saturated carbocycles. The van der Waals surface area contributed by atoms with Crippen LogP contribution in [0.25, 0.3) is 0 Å². The summed E-state index contributed by atoms with van der Waals surface area (Å²) < 4.78 is 27.7. The molecule has 0 spiro atoms. The molecular formula is C19H22N2O3S. The van der Waals surface area contributed by atoms with Crippen LogP contribution in [0.3, 0.4) is 0 Å². The number of anilines is 2. The van der Waals surface area contributed by atoms with Gasteiger partial charge in [0.2, 0.25) is 15.9 Å². The van der Waals surface area contributed by atoms with Crippen LogP contribution in [0.15, 0.2) is 36.4 Å². The minimum absolute atomic E-state index is 0.0490. The van der Waals surface area contributed by atoms with Crippen LogP contribution >= 0.6 is 0 Å². The van der Waals surface area contributed by atoms with E-state index < -0.39 is 10.0 Å². The maximum absolute atomic E-state index is 12.5. The highest BCUT2D eigenvalue weighted by Crippen LogP contribution is 2.31. The van der Waals surface area contributed by atoms with Crippen molar-refractivity contribution in [3.8, 4) is 0 Å². The van der Waals surface area contributed by atoms with E-state index in [9.17, 15) is 13.2 Å². The number of aryl methyl sites for hydroxylation is 2. The van der Waals surface area contributed by atoms with Crippen molar-refractivity contribution in [2.75, 3.05) is 16.2 Å². The Morgan fingerprint density at radius 1 is 1.12 bits per heavy atom. The molecule has 2 aromatic rings. The first-order chi connectivity index (χ1) is 11.8. The number of benzene rings is 2. The van der Waals surface area contributed by atoms with Crippen molar-refractivity contribution in [3.63, 3.8) is 0 Å². The van der Waals surface area contributed by atoms with Crippen LogP contribution in [0.4, 0.5) is 11.4 Å². The SMILES string of the molecule is CCN1C(=O)Cc2cc(NS(=O)(=O)Cc3cc(C)ccc3C)ccc21. The number of amides is 1. The Hall–Kier alpha value is -2.34. The smallest absolute Gasteiger partial charge is 0.236 e. The van der Waals surface area contributed by atoms with Gasteiger partial charge >= 0.3 is 0 Å². The highest BCUT2D eigenvalue weighted by Gasteiger charge is 2.26. The lowest BCUT2D eigenvalue weighted by atomic mass is 10.1. The zero-order valence-corrected chi connectivity index (χ0v) is 15.5. The summed E-state index contributed by atoms with van der Waals surface area (Å²) in [7, 11) is -3.53. The molecule has 0 aromatic heterocycles. The van der Waals surface area contributed by atoms with Gasteiger partial charge in [0.1, 0.15) is 0 Å². The Kier molecular flexibility index (Phi) is 4.56. The molecule has 132 valence electrons. The van der Waals surface area contributed by atoms with Crippen molar-refractivity contribution in [2.45, 2.75) is 32.9 Å². The summed E-state index contributed by atoms with van der Waals surface area (Å²) in [6, 6.07) is 11.1. The Morgan fingerprint density at radius 2 is 1.88 bits per heavy atom. The second kappa shape index (κ2) is 6.52. The van der Waals surface area contributed by atoms with Gasteiger partial charge in [-0.15, -0.1) is 0 Å². The number of fused-ring (bicyclic) bond motifs is 1. The molecular weight excluding hydrogens is 336 g/mol. The maximum Gasteiger partial charge on any atom is 0.236 e. The topological polar surface area (TPSA) is 66.5 Å². The van der Waals surface area contributed by atoms with Gasteiger partial charge in [-0.2, -0.15) is 0 Å². The van der Waals surface area contributed by atoms with Gasteiger partial charge < -0.3 is 4.90 Å². The summed E-state index contributed by atoms with van der Waals surface area (Å²) in [4.78, 5) is 13.7. The fourth-order valence-corrected chi connectivity index (χ4v) is 4.45. The van der Waals surface area contributed by atoms with Crippen molar-refractivity contribution < 1.29 is 13.2 Å². The molecule has 0 bridgehead atoms. The second-order valence-electron chi connectivity index (χ2n) is 6.45. The molecule has 1 heterocycles. The van der Waals surface area contributed by atoms with Gasteiger partial charge in [0, 0.05) is 17.9 Å². The van der Waals surface area contributed by atoms with E-state index in [4.69, 9.17) is 0 Å². The summed E-state index contributed by atoms with van der Waals surface area (Å²) >= 11 is 0. The molecule has 25 heavy (non-hydrogen) atoms. The van der Waals surface area contributed by atoms with Crippen molar-refractivity contribution in [1.82, 2.24) is 0 Å². The number of nitrogens with one attached hydrogen (secondary N) is 1. The largest absolute Gasteiger partial charge is 0.312 e. The number of sulfonamides is 1. The predicted octanol–water partition coefficient (Wildman–Crippen LogP) is 3.15. The molecule has 1 amide bonds. The summed E-state index contributed by atoms with van der Waals surface area (Å²) in [6.07, 6.45) is 0.315. The van der Waals surface area contributed by atoms with Gasteiger partial charge in [0.05, 0.1) is 12.2 Å². The lowest BCUT2D eigenvalue weighted by molar-refractivity contribution is -0.117. The van der Waals surface area contributed by atoms with Crippen molar-refractivity contribution in [1.29, 1.82) is 0 Å². The quantitative estimate of drug-likeness (QED) is 0.893. The standard InChI is InChI=1S/C19H22N2O3S/c1-4-21-18-8-7-17(10-15(18)11-19(21)22)20-25(23,24)12-16-9-13(2)5-6-14(16)3/h5-10,20H,4,11-12H2,1-3H3. The van der Waals surface area contributed by atoms with E-state index in [2.05, 4.69) is 4.72 Å². The van der Waals surface area contributed by atoms with Crippen molar-refractivity contribution in [2.24, 2.45) is 0 Å². The first-order valence-electron chi connectivity index (χ1n) is 8.29. The average Bonchev–Trinajstić information content (AvgIpc) is 2.84. The number of nitrogens with zero attached hydrogens (tertiary/aromatic N) is 1. The third kappa shape index (κ3) is 3.69. The lowest BCUT2D eigenvalue weighted by Gasteiger charge is -2.15. The summed E-state index contributed by atoms with van der Waals surface area (Å²) in [5.74, 6) is -0.0228. The summed E-state index contributed by atoms with van der Waals surface area (Å²) in [5, 5.41) is 0. The molecule has 0 saturated heterocycles. The van der Waals surface area contributed by atoms with E-state index >= 15 is 0 Å². The van der Waals surface area contributed by atoms with E-state index in [0.29, 0.717) is 18.7 Å². The van der Waals surface area contributed by atoms with Gasteiger partial charge in [-0.3, -0.25) is 9.52 Å². The van der Waals surface area contributed by atoms with Crippen LogP contribution in [0.5, 0.6) is 0 Å². The molecule has 0 atom stereocenters. The molecule has 0 radical (unpaired) electrons. The number of carbonyl (C=O) groups is 1. The predicted molar refractivity (Wildman–Crippen MR) is 100 cm³/mol. The van der Waals surface area contributed by atoms with Crippen LogP contribution < -0.4 is 9.62 Å². The molecule has 2 aromatic carbocycles. The molecule has 1 aliphatic heterocycles. The van der Waals surface area contributed by atoms with Gasteiger partial charge in [-0.05, 0) is 55.7 Å². The molecule has 6 heteroatoms.